The lowest BCUT2D eigenvalue weighted by Gasteiger charge is -2.03. The van der Waals surface area contributed by atoms with Crippen LogP contribution < -0.4 is 5.32 Å². The summed E-state index contributed by atoms with van der Waals surface area (Å²) in [5.41, 5.74) is 1.21. The van der Waals surface area contributed by atoms with Crippen molar-refractivity contribution in [2.24, 2.45) is 0 Å². The van der Waals surface area contributed by atoms with Gasteiger partial charge in [0.2, 0.25) is 0 Å². The Labute approximate surface area is 125 Å². The van der Waals surface area contributed by atoms with Crippen molar-refractivity contribution in [1.29, 1.82) is 0 Å². The van der Waals surface area contributed by atoms with E-state index >= 15 is 0 Å². The first-order valence-electron chi connectivity index (χ1n) is 6.97. The van der Waals surface area contributed by atoms with Crippen LogP contribution in [-0.2, 0) is 11.2 Å². The number of rotatable bonds is 9. The molecule has 106 valence electrons. The molecular formula is C17H21NOS. The molecule has 3 heteroatoms. The van der Waals surface area contributed by atoms with Crippen LogP contribution in [-0.4, -0.2) is 26.3 Å². The van der Waals surface area contributed by atoms with E-state index in [1.807, 2.05) is 29.5 Å². The zero-order chi connectivity index (χ0) is 13.9. The third-order valence-electron chi connectivity index (χ3n) is 2.88. The van der Waals surface area contributed by atoms with E-state index in [0.717, 1.165) is 26.1 Å². The Morgan fingerprint density at radius 2 is 1.95 bits per heavy atom. The Morgan fingerprint density at radius 1 is 1.05 bits per heavy atom. The molecule has 0 unspecified atom stereocenters. The highest BCUT2D eigenvalue weighted by atomic mass is 32.1. The second-order valence-corrected chi connectivity index (χ2v) is 5.50. The van der Waals surface area contributed by atoms with Crippen LogP contribution in [0.4, 0.5) is 0 Å². The molecule has 0 saturated carbocycles. The first-order valence-corrected chi connectivity index (χ1v) is 7.85. The van der Waals surface area contributed by atoms with Gasteiger partial charge in [-0.05, 0) is 23.4 Å². The molecule has 2 nitrogen and oxygen atoms in total. The average molecular weight is 287 g/mol. The summed E-state index contributed by atoms with van der Waals surface area (Å²) in [6, 6.07) is 14.6. The monoisotopic (exact) mass is 287 g/mol. The molecule has 0 radical (unpaired) electrons. The number of hydrogen-bond acceptors (Lipinski definition) is 3. The fourth-order valence-corrected chi connectivity index (χ4v) is 2.54. The molecule has 20 heavy (non-hydrogen) atoms. The standard InChI is InChI=1S/C17H21NOS/c1-2-6-16(7-3-1)8-4-13-19-14-12-18-11-10-17-9-5-15-20-17/h1-9,15,18H,10-14H2. The van der Waals surface area contributed by atoms with Crippen molar-refractivity contribution in [3.8, 4) is 0 Å². The Bertz CT molecular complexity index is 479. The van der Waals surface area contributed by atoms with Gasteiger partial charge in [-0.3, -0.25) is 0 Å². The molecule has 0 aliphatic rings. The number of thiophene rings is 1. The summed E-state index contributed by atoms with van der Waals surface area (Å²) < 4.78 is 5.55. The first-order chi connectivity index (χ1) is 9.95. The van der Waals surface area contributed by atoms with Gasteiger partial charge in [0.25, 0.3) is 0 Å². The average Bonchev–Trinajstić information content (AvgIpc) is 3.00. The maximum absolute atomic E-state index is 5.55. The van der Waals surface area contributed by atoms with Crippen molar-refractivity contribution in [3.05, 3.63) is 64.4 Å². The van der Waals surface area contributed by atoms with Crippen molar-refractivity contribution < 1.29 is 4.74 Å². The van der Waals surface area contributed by atoms with Gasteiger partial charge in [0.15, 0.2) is 0 Å². The summed E-state index contributed by atoms with van der Waals surface area (Å²) >= 11 is 1.82. The molecule has 1 aromatic heterocycles. The van der Waals surface area contributed by atoms with Crippen molar-refractivity contribution in [3.63, 3.8) is 0 Å². The van der Waals surface area contributed by atoms with Crippen LogP contribution in [0.1, 0.15) is 10.4 Å². The molecule has 2 rings (SSSR count). The Balaban J connectivity index is 1.45. The van der Waals surface area contributed by atoms with Gasteiger partial charge in [0.05, 0.1) is 13.2 Å². The minimum absolute atomic E-state index is 0.668. The third-order valence-corrected chi connectivity index (χ3v) is 3.81. The second-order valence-electron chi connectivity index (χ2n) is 4.47. The Hall–Kier alpha value is -1.42. The van der Waals surface area contributed by atoms with E-state index in [9.17, 15) is 0 Å². The van der Waals surface area contributed by atoms with Crippen molar-refractivity contribution in [1.82, 2.24) is 5.32 Å². The van der Waals surface area contributed by atoms with Crippen molar-refractivity contribution in [2.45, 2.75) is 6.42 Å². The minimum atomic E-state index is 0.668. The van der Waals surface area contributed by atoms with Crippen LogP contribution in [0, 0.1) is 0 Å². The van der Waals surface area contributed by atoms with Gasteiger partial charge < -0.3 is 10.1 Å². The van der Waals surface area contributed by atoms with Crippen LogP contribution in [0.2, 0.25) is 0 Å². The third kappa shape index (κ3) is 6.15. The molecule has 0 aliphatic carbocycles. The predicted octanol–water partition coefficient (Wildman–Crippen LogP) is 3.61. The fourth-order valence-electron chi connectivity index (χ4n) is 1.84. The fraction of sp³-hybridized carbons (Fsp3) is 0.294. The number of ether oxygens (including phenoxy) is 1. The molecular weight excluding hydrogens is 266 g/mol. The summed E-state index contributed by atoms with van der Waals surface area (Å²) in [5.74, 6) is 0. The van der Waals surface area contributed by atoms with E-state index in [1.54, 1.807) is 0 Å². The molecule has 1 N–H and O–H groups in total. The SMILES string of the molecule is C(=Cc1ccccc1)COCCNCCc1cccs1. The van der Waals surface area contributed by atoms with Crippen LogP contribution in [0.3, 0.4) is 0 Å². The van der Waals surface area contributed by atoms with E-state index in [2.05, 4.69) is 47.1 Å². The molecule has 1 heterocycles. The lowest BCUT2D eigenvalue weighted by Crippen LogP contribution is -2.22. The molecule has 0 aliphatic heterocycles. The largest absolute Gasteiger partial charge is 0.376 e. The lowest BCUT2D eigenvalue weighted by molar-refractivity contribution is 0.164. The minimum Gasteiger partial charge on any atom is -0.376 e. The molecule has 0 saturated heterocycles. The van der Waals surface area contributed by atoms with Crippen molar-refractivity contribution in [2.75, 3.05) is 26.3 Å². The smallest absolute Gasteiger partial charge is 0.0651 e. The first kappa shape index (κ1) is 15.0. The second kappa shape index (κ2) is 9.48. The quantitative estimate of drug-likeness (QED) is 0.711. The van der Waals surface area contributed by atoms with Crippen molar-refractivity contribution >= 4 is 17.4 Å². The van der Waals surface area contributed by atoms with E-state index in [4.69, 9.17) is 4.74 Å². The Kier molecular flexibility index (Phi) is 7.10. The normalized spacial score (nSPS) is 11.2. The highest BCUT2D eigenvalue weighted by Gasteiger charge is 1.93. The molecule has 1 aromatic carbocycles. The highest BCUT2D eigenvalue weighted by molar-refractivity contribution is 7.09. The predicted molar refractivity (Wildman–Crippen MR) is 87.2 cm³/mol. The van der Waals surface area contributed by atoms with Gasteiger partial charge in [0, 0.05) is 18.0 Å². The van der Waals surface area contributed by atoms with E-state index in [1.165, 1.54) is 10.4 Å². The summed E-state index contributed by atoms with van der Waals surface area (Å²) in [4.78, 5) is 1.43. The van der Waals surface area contributed by atoms with Crippen LogP contribution in [0.15, 0.2) is 53.9 Å². The Morgan fingerprint density at radius 3 is 2.75 bits per heavy atom. The summed E-state index contributed by atoms with van der Waals surface area (Å²) in [5, 5.41) is 5.51. The summed E-state index contributed by atoms with van der Waals surface area (Å²) in [7, 11) is 0. The summed E-state index contributed by atoms with van der Waals surface area (Å²) in [6.45, 7) is 3.35. The molecule has 2 aromatic rings. The zero-order valence-corrected chi connectivity index (χ0v) is 12.4. The maximum atomic E-state index is 5.55. The molecule has 0 spiro atoms. The summed E-state index contributed by atoms with van der Waals surface area (Å²) in [6.07, 6.45) is 5.25. The number of hydrogen-bond donors (Lipinski definition) is 1. The van der Waals surface area contributed by atoms with Gasteiger partial charge in [-0.2, -0.15) is 0 Å². The van der Waals surface area contributed by atoms with Gasteiger partial charge in [-0.15, -0.1) is 11.3 Å². The number of benzene rings is 1. The molecule has 0 atom stereocenters. The topological polar surface area (TPSA) is 21.3 Å². The molecule has 0 amide bonds. The highest BCUT2D eigenvalue weighted by Crippen LogP contribution is 2.07. The van der Waals surface area contributed by atoms with Gasteiger partial charge in [-0.25, -0.2) is 0 Å². The lowest BCUT2D eigenvalue weighted by atomic mass is 10.2. The van der Waals surface area contributed by atoms with Crippen LogP contribution in [0.5, 0.6) is 0 Å². The van der Waals surface area contributed by atoms with Gasteiger partial charge in [0.1, 0.15) is 0 Å². The molecule has 0 bridgehead atoms. The van der Waals surface area contributed by atoms with Gasteiger partial charge in [-0.1, -0.05) is 48.6 Å². The van der Waals surface area contributed by atoms with Crippen LogP contribution in [0.25, 0.3) is 6.08 Å². The number of nitrogens with one attached hydrogen (secondary N) is 1. The van der Waals surface area contributed by atoms with Gasteiger partial charge >= 0.3 is 0 Å². The van der Waals surface area contributed by atoms with E-state index in [0.29, 0.717) is 6.61 Å². The van der Waals surface area contributed by atoms with Crippen LogP contribution >= 0.6 is 11.3 Å². The molecule has 0 fully saturated rings. The van der Waals surface area contributed by atoms with E-state index < -0.39 is 0 Å². The maximum Gasteiger partial charge on any atom is 0.0651 e. The zero-order valence-electron chi connectivity index (χ0n) is 11.6. The van der Waals surface area contributed by atoms with E-state index in [-0.39, 0.29) is 0 Å².